The average Bonchev–Trinajstić information content (AvgIpc) is 2.29. The Morgan fingerprint density at radius 1 is 1.41 bits per heavy atom. The van der Waals surface area contributed by atoms with Gasteiger partial charge in [-0.1, -0.05) is 25.1 Å². The van der Waals surface area contributed by atoms with E-state index in [0.29, 0.717) is 6.61 Å². The average molecular weight is 254 g/mol. The Morgan fingerprint density at radius 3 is 2.76 bits per heavy atom. The number of ether oxygens (including phenoxy) is 1. The number of benzene rings is 1. The summed E-state index contributed by atoms with van der Waals surface area (Å²) < 4.78 is 5.54. The number of hydrogen-bond donors (Lipinski definition) is 1. The van der Waals surface area contributed by atoms with E-state index in [2.05, 4.69) is 0 Å². The summed E-state index contributed by atoms with van der Waals surface area (Å²) in [6, 6.07) is 9.70. The summed E-state index contributed by atoms with van der Waals surface area (Å²) >= 11 is 1.68. The number of carboxylic acid groups (broad SMARTS) is 1. The molecule has 1 rings (SSSR count). The molecule has 0 saturated heterocycles. The zero-order valence-electron chi connectivity index (χ0n) is 9.96. The molecule has 0 bridgehead atoms. The predicted octanol–water partition coefficient (Wildman–Crippen LogP) is 3.05. The van der Waals surface area contributed by atoms with E-state index in [9.17, 15) is 4.79 Å². The minimum absolute atomic E-state index is 0.171. The summed E-state index contributed by atoms with van der Waals surface area (Å²) in [6.45, 7) is 2.62. The third kappa shape index (κ3) is 6.89. The van der Waals surface area contributed by atoms with Crippen LogP contribution in [0.4, 0.5) is 0 Å². The van der Waals surface area contributed by atoms with Crippen LogP contribution in [0.1, 0.15) is 19.8 Å². The third-order valence-corrected chi connectivity index (χ3v) is 3.43. The molecule has 0 amide bonds. The van der Waals surface area contributed by atoms with Gasteiger partial charge >= 0.3 is 5.97 Å². The molecule has 0 heterocycles. The highest BCUT2D eigenvalue weighted by atomic mass is 32.2. The smallest absolute Gasteiger partial charge is 0.304 e. The van der Waals surface area contributed by atoms with Gasteiger partial charge in [-0.2, -0.15) is 11.8 Å². The molecule has 1 aromatic rings. The highest BCUT2D eigenvalue weighted by Gasteiger charge is 2.07. The maximum absolute atomic E-state index is 10.4. The van der Waals surface area contributed by atoms with E-state index >= 15 is 0 Å². The number of thioether (sulfide) groups is 1. The number of aliphatic carboxylic acids is 1. The molecule has 0 spiro atoms. The van der Waals surface area contributed by atoms with Crippen molar-refractivity contribution in [3.05, 3.63) is 30.3 Å². The molecule has 1 aromatic carbocycles. The Balaban J connectivity index is 2.03. The molecule has 0 aliphatic heterocycles. The fraction of sp³-hybridized carbons (Fsp3) is 0.462. The van der Waals surface area contributed by atoms with Crippen molar-refractivity contribution in [2.75, 3.05) is 12.4 Å². The lowest BCUT2D eigenvalue weighted by atomic mass is 10.3. The molecule has 17 heavy (non-hydrogen) atoms. The van der Waals surface area contributed by atoms with E-state index in [1.807, 2.05) is 37.3 Å². The van der Waals surface area contributed by atoms with Gasteiger partial charge in [-0.3, -0.25) is 4.79 Å². The summed E-state index contributed by atoms with van der Waals surface area (Å²) in [4.78, 5) is 10.4. The second kappa shape index (κ2) is 8.01. The first kappa shape index (κ1) is 13.9. The lowest BCUT2D eigenvalue weighted by Gasteiger charge is -2.09. The zero-order chi connectivity index (χ0) is 12.5. The van der Waals surface area contributed by atoms with Crippen molar-refractivity contribution < 1.29 is 14.6 Å². The molecule has 0 fully saturated rings. The maximum Gasteiger partial charge on any atom is 0.304 e. The van der Waals surface area contributed by atoms with Gasteiger partial charge in [-0.15, -0.1) is 0 Å². The summed E-state index contributed by atoms with van der Waals surface area (Å²) in [5.74, 6) is 1.09. The SMILES string of the molecule is CC(CC(=O)O)SCCCOc1ccccc1. The van der Waals surface area contributed by atoms with Crippen molar-refractivity contribution in [1.29, 1.82) is 0 Å². The largest absolute Gasteiger partial charge is 0.494 e. The van der Waals surface area contributed by atoms with Crippen LogP contribution in [0.5, 0.6) is 5.75 Å². The van der Waals surface area contributed by atoms with E-state index in [4.69, 9.17) is 9.84 Å². The van der Waals surface area contributed by atoms with Gasteiger partial charge in [0.1, 0.15) is 5.75 Å². The zero-order valence-corrected chi connectivity index (χ0v) is 10.8. The molecule has 4 heteroatoms. The van der Waals surface area contributed by atoms with Crippen LogP contribution in [0.15, 0.2) is 30.3 Å². The van der Waals surface area contributed by atoms with Crippen LogP contribution < -0.4 is 4.74 Å². The highest BCUT2D eigenvalue weighted by molar-refractivity contribution is 7.99. The van der Waals surface area contributed by atoms with Crippen LogP contribution in [0.2, 0.25) is 0 Å². The van der Waals surface area contributed by atoms with Gasteiger partial charge in [0, 0.05) is 5.25 Å². The molecule has 0 saturated carbocycles. The van der Waals surface area contributed by atoms with E-state index in [1.54, 1.807) is 11.8 Å². The Labute approximate surface area is 106 Å². The van der Waals surface area contributed by atoms with Gasteiger partial charge in [0.25, 0.3) is 0 Å². The van der Waals surface area contributed by atoms with Crippen LogP contribution >= 0.6 is 11.8 Å². The van der Waals surface area contributed by atoms with Crippen LogP contribution in [0.25, 0.3) is 0 Å². The van der Waals surface area contributed by atoms with Crippen LogP contribution in [-0.4, -0.2) is 28.7 Å². The molecule has 3 nitrogen and oxygen atoms in total. The normalized spacial score (nSPS) is 12.1. The number of hydrogen-bond acceptors (Lipinski definition) is 3. The Morgan fingerprint density at radius 2 is 2.12 bits per heavy atom. The standard InChI is InChI=1S/C13H18O3S/c1-11(10-13(14)15)17-9-5-8-16-12-6-3-2-4-7-12/h2-4,6-7,11H,5,8-10H2,1H3,(H,14,15). The minimum Gasteiger partial charge on any atom is -0.494 e. The third-order valence-electron chi connectivity index (χ3n) is 2.17. The van der Waals surface area contributed by atoms with Crippen molar-refractivity contribution in [2.45, 2.75) is 25.0 Å². The first-order chi connectivity index (χ1) is 8.18. The summed E-state index contributed by atoms with van der Waals surface area (Å²) in [6.07, 6.45) is 1.16. The predicted molar refractivity (Wildman–Crippen MR) is 70.7 cm³/mol. The second-order valence-corrected chi connectivity index (χ2v) is 5.34. The quantitative estimate of drug-likeness (QED) is 0.724. The molecule has 0 radical (unpaired) electrons. The van der Waals surface area contributed by atoms with E-state index < -0.39 is 5.97 Å². The molecule has 1 unspecified atom stereocenters. The molecule has 1 N–H and O–H groups in total. The Kier molecular flexibility index (Phi) is 6.55. The highest BCUT2D eigenvalue weighted by Crippen LogP contribution is 2.15. The number of carbonyl (C=O) groups is 1. The molecular weight excluding hydrogens is 236 g/mol. The van der Waals surface area contributed by atoms with Crippen molar-refractivity contribution >= 4 is 17.7 Å². The molecule has 0 aliphatic carbocycles. The topological polar surface area (TPSA) is 46.5 Å². The molecule has 1 atom stereocenters. The lowest BCUT2D eigenvalue weighted by Crippen LogP contribution is -2.07. The van der Waals surface area contributed by atoms with Crippen molar-refractivity contribution in [3.8, 4) is 5.75 Å². The molecule has 0 aliphatic rings. The van der Waals surface area contributed by atoms with Crippen molar-refractivity contribution in [1.82, 2.24) is 0 Å². The van der Waals surface area contributed by atoms with Gasteiger partial charge in [-0.25, -0.2) is 0 Å². The van der Waals surface area contributed by atoms with E-state index in [-0.39, 0.29) is 11.7 Å². The van der Waals surface area contributed by atoms with Gasteiger partial charge < -0.3 is 9.84 Å². The first-order valence-corrected chi connectivity index (χ1v) is 6.74. The second-order valence-electron chi connectivity index (χ2n) is 3.79. The summed E-state index contributed by atoms with van der Waals surface area (Å²) in [5, 5.41) is 8.77. The fourth-order valence-electron chi connectivity index (χ4n) is 1.36. The number of rotatable bonds is 8. The van der Waals surface area contributed by atoms with E-state index in [1.165, 1.54) is 0 Å². The summed E-state index contributed by atoms with van der Waals surface area (Å²) in [7, 11) is 0. The first-order valence-electron chi connectivity index (χ1n) is 5.69. The van der Waals surface area contributed by atoms with E-state index in [0.717, 1.165) is 17.9 Å². The van der Waals surface area contributed by atoms with Gasteiger partial charge in [-0.05, 0) is 24.3 Å². The van der Waals surface area contributed by atoms with Crippen LogP contribution in [-0.2, 0) is 4.79 Å². The molecule has 94 valence electrons. The van der Waals surface area contributed by atoms with Gasteiger partial charge in [0.05, 0.1) is 13.0 Å². The van der Waals surface area contributed by atoms with Crippen molar-refractivity contribution in [3.63, 3.8) is 0 Å². The fourth-order valence-corrected chi connectivity index (χ4v) is 2.30. The van der Waals surface area contributed by atoms with Crippen LogP contribution in [0.3, 0.4) is 0 Å². The Hall–Kier alpha value is -1.16. The lowest BCUT2D eigenvalue weighted by molar-refractivity contribution is -0.136. The molecule has 0 aromatic heterocycles. The van der Waals surface area contributed by atoms with Gasteiger partial charge in [0.15, 0.2) is 0 Å². The maximum atomic E-state index is 10.4. The summed E-state index contributed by atoms with van der Waals surface area (Å²) in [5.41, 5.74) is 0. The van der Waals surface area contributed by atoms with Crippen LogP contribution in [0, 0.1) is 0 Å². The number of carboxylic acids is 1. The molecular formula is C13H18O3S. The van der Waals surface area contributed by atoms with Crippen molar-refractivity contribution in [2.24, 2.45) is 0 Å². The Bertz CT molecular complexity index is 327. The van der Waals surface area contributed by atoms with Gasteiger partial charge in [0.2, 0.25) is 0 Å². The number of para-hydroxylation sites is 1. The minimum atomic E-state index is -0.731. The monoisotopic (exact) mass is 254 g/mol.